The number of alkyl halides is 3. The van der Waals surface area contributed by atoms with Crippen LogP contribution in [-0.4, -0.2) is 4.57 Å². The van der Waals surface area contributed by atoms with Gasteiger partial charge < -0.3 is 4.57 Å². The number of aromatic nitrogens is 1. The molecule has 0 saturated carbocycles. The summed E-state index contributed by atoms with van der Waals surface area (Å²) in [6.45, 7) is 8.51. The van der Waals surface area contributed by atoms with Crippen molar-refractivity contribution < 1.29 is 13.2 Å². The van der Waals surface area contributed by atoms with Crippen LogP contribution < -0.4 is 0 Å². The molecule has 0 unspecified atom stereocenters. The molecule has 112 valence electrons. The molecule has 0 fully saturated rings. The van der Waals surface area contributed by atoms with E-state index in [1.54, 1.807) is 19.1 Å². The van der Waals surface area contributed by atoms with E-state index < -0.39 is 11.7 Å². The monoisotopic (exact) mass is 294 g/mol. The normalized spacial score (nSPS) is 12.7. The fourth-order valence-corrected chi connectivity index (χ4v) is 2.55. The molecule has 0 spiro atoms. The number of fused-ring (bicyclic) bond motifs is 1. The Morgan fingerprint density at radius 3 is 2.29 bits per heavy atom. The SMILES string of the molecule is Cc1cc2c(C(F)(F)F)c(C#N)ccc2n1CC(C)(C)C. The van der Waals surface area contributed by atoms with Crippen LogP contribution in [0.4, 0.5) is 13.2 Å². The molecular weight excluding hydrogens is 277 g/mol. The molecule has 2 rings (SSSR count). The summed E-state index contributed by atoms with van der Waals surface area (Å²) in [5, 5.41) is 9.05. The van der Waals surface area contributed by atoms with Gasteiger partial charge in [-0.05, 0) is 30.5 Å². The first-order valence-corrected chi connectivity index (χ1v) is 6.65. The highest BCUT2D eigenvalue weighted by atomic mass is 19.4. The van der Waals surface area contributed by atoms with Gasteiger partial charge in [0, 0.05) is 23.1 Å². The van der Waals surface area contributed by atoms with Gasteiger partial charge in [0.25, 0.3) is 0 Å². The van der Waals surface area contributed by atoms with Crippen molar-refractivity contribution in [2.24, 2.45) is 5.41 Å². The maximum atomic E-state index is 13.3. The maximum Gasteiger partial charge on any atom is 0.418 e. The van der Waals surface area contributed by atoms with Crippen molar-refractivity contribution in [3.63, 3.8) is 0 Å². The van der Waals surface area contributed by atoms with Crippen molar-refractivity contribution >= 4 is 10.9 Å². The average molecular weight is 294 g/mol. The van der Waals surface area contributed by atoms with Crippen molar-refractivity contribution in [3.8, 4) is 6.07 Å². The van der Waals surface area contributed by atoms with Crippen LogP contribution in [-0.2, 0) is 12.7 Å². The lowest BCUT2D eigenvalue weighted by Gasteiger charge is -2.21. The lowest BCUT2D eigenvalue weighted by molar-refractivity contribution is -0.136. The predicted octanol–water partition coefficient (Wildman–Crippen LogP) is 4.89. The Morgan fingerprint density at radius 2 is 1.81 bits per heavy atom. The largest absolute Gasteiger partial charge is 0.418 e. The number of aryl methyl sites for hydroxylation is 1. The first-order valence-electron chi connectivity index (χ1n) is 6.65. The van der Waals surface area contributed by atoms with Gasteiger partial charge in [-0.15, -0.1) is 0 Å². The molecule has 0 atom stereocenters. The minimum Gasteiger partial charge on any atom is -0.344 e. The fourth-order valence-electron chi connectivity index (χ4n) is 2.55. The van der Waals surface area contributed by atoms with Crippen LogP contribution in [0.5, 0.6) is 0 Å². The van der Waals surface area contributed by atoms with Crippen LogP contribution in [0.3, 0.4) is 0 Å². The van der Waals surface area contributed by atoms with E-state index in [4.69, 9.17) is 5.26 Å². The average Bonchev–Trinajstić information content (AvgIpc) is 2.61. The zero-order chi connectivity index (χ0) is 16.0. The predicted molar refractivity (Wildman–Crippen MR) is 75.8 cm³/mol. The first kappa shape index (κ1) is 15.4. The summed E-state index contributed by atoms with van der Waals surface area (Å²) in [7, 11) is 0. The molecule has 2 aromatic rings. The molecule has 21 heavy (non-hydrogen) atoms. The molecule has 2 nitrogen and oxygen atoms in total. The van der Waals surface area contributed by atoms with E-state index in [9.17, 15) is 13.2 Å². The number of benzene rings is 1. The van der Waals surface area contributed by atoms with Crippen LogP contribution >= 0.6 is 0 Å². The van der Waals surface area contributed by atoms with Crippen LogP contribution in [0, 0.1) is 23.7 Å². The summed E-state index contributed by atoms with van der Waals surface area (Å²) in [6, 6.07) is 6.01. The Bertz CT molecular complexity index is 725. The molecule has 1 aromatic heterocycles. The summed E-state index contributed by atoms with van der Waals surface area (Å²) in [4.78, 5) is 0. The van der Waals surface area contributed by atoms with Crippen molar-refractivity contribution in [2.45, 2.75) is 40.4 Å². The van der Waals surface area contributed by atoms with Crippen LogP contribution in [0.15, 0.2) is 18.2 Å². The Morgan fingerprint density at radius 1 is 1.19 bits per heavy atom. The zero-order valence-corrected chi connectivity index (χ0v) is 12.5. The lowest BCUT2D eigenvalue weighted by atomic mass is 9.96. The second kappa shape index (κ2) is 4.80. The van der Waals surface area contributed by atoms with Gasteiger partial charge in [-0.1, -0.05) is 20.8 Å². The van der Waals surface area contributed by atoms with Gasteiger partial charge in [0.05, 0.1) is 17.2 Å². The van der Waals surface area contributed by atoms with Gasteiger partial charge in [-0.3, -0.25) is 0 Å². The molecule has 0 aliphatic carbocycles. The summed E-state index contributed by atoms with van der Waals surface area (Å²) in [6.07, 6.45) is -4.54. The zero-order valence-electron chi connectivity index (χ0n) is 12.5. The topological polar surface area (TPSA) is 28.7 Å². The van der Waals surface area contributed by atoms with Gasteiger partial charge in [-0.2, -0.15) is 18.4 Å². The van der Waals surface area contributed by atoms with Crippen LogP contribution in [0.2, 0.25) is 0 Å². The standard InChI is InChI=1S/C16H17F3N2/c1-10-7-12-13(21(10)9-15(2,3)4)6-5-11(8-20)14(12)16(17,18)19/h5-7H,9H2,1-4H3. The molecule has 0 aliphatic rings. The number of rotatable bonds is 1. The number of nitriles is 1. The molecular formula is C16H17F3N2. The molecule has 0 radical (unpaired) electrons. The van der Waals surface area contributed by atoms with E-state index >= 15 is 0 Å². The molecule has 0 amide bonds. The minimum atomic E-state index is -4.54. The van der Waals surface area contributed by atoms with Crippen molar-refractivity contribution in [1.82, 2.24) is 4.57 Å². The fraction of sp³-hybridized carbons (Fsp3) is 0.438. The van der Waals surface area contributed by atoms with Gasteiger partial charge in [-0.25, -0.2) is 0 Å². The Labute approximate surface area is 121 Å². The van der Waals surface area contributed by atoms with Crippen LogP contribution in [0.25, 0.3) is 10.9 Å². The van der Waals surface area contributed by atoms with E-state index in [2.05, 4.69) is 0 Å². The molecule has 5 heteroatoms. The Hall–Kier alpha value is -1.96. The molecule has 0 saturated heterocycles. The van der Waals surface area contributed by atoms with Crippen molar-refractivity contribution in [3.05, 3.63) is 35.0 Å². The van der Waals surface area contributed by atoms with E-state index in [1.165, 1.54) is 12.1 Å². The quantitative estimate of drug-likeness (QED) is 0.736. The molecule has 1 heterocycles. The summed E-state index contributed by atoms with van der Waals surface area (Å²) in [5.41, 5.74) is 0.0682. The van der Waals surface area contributed by atoms with E-state index in [0.29, 0.717) is 12.1 Å². The highest BCUT2D eigenvalue weighted by Gasteiger charge is 2.36. The summed E-state index contributed by atoms with van der Waals surface area (Å²) >= 11 is 0. The minimum absolute atomic E-state index is 0.0526. The highest BCUT2D eigenvalue weighted by molar-refractivity contribution is 5.87. The van der Waals surface area contributed by atoms with E-state index in [1.807, 2.05) is 25.3 Å². The number of hydrogen-bond donors (Lipinski definition) is 0. The lowest BCUT2D eigenvalue weighted by Crippen LogP contribution is -2.16. The smallest absolute Gasteiger partial charge is 0.344 e. The second-order valence-electron chi connectivity index (χ2n) is 6.46. The summed E-state index contributed by atoms with van der Waals surface area (Å²) < 4.78 is 41.7. The van der Waals surface area contributed by atoms with Gasteiger partial charge in [0.1, 0.15) is 0 Å². The molecule has 0 N–H and O–H groups in total. The molecule has 0 aliphatic heterocycles. The van der Waals surface area contributed by atoms with Crippen molar-refractivity contribution in [2.75, 3.05) is 0 Å². The molecule has 1 aromatic carbocycles. The number of nitrogens with zero attached hydrogens (tertiary/aromatic N) is 2. The Balaban J connectivity index is 2.80. The third kappa shape index (κ3) is 2.90. The second-order valence-corrected chi connectivity index (χ2v) is 6.46. The van der Waals surface area contributed by atoms with E-state index in [-0.39, 0.29) is 16.4 Å². The van der Waals surface area contributed by atoms with Gasteiger partial charge in [0.2, 0.25) is 0 Å². The highest BCUT2D eigenvalue weighted by Crippen LogP contribution is 2.39. The van der Waals surface area contributed by atoms with Gasteiger partial charge in [0.15, 0.2) is 0 Å². The number of halogens is 3. The summed E-state index contributed by atoms with van der Waals surface area (Å²) in [5.74, 6) is 0. The maximum absolute atomic E-state index is 13.3. The van der Waals surface area contributed by atoms with Crippen LogP contribution in [0.1, 0.15) is 37.6 Å². The Kier molecular flexibility index (Phi) is 3.53. The third-order valence-electron chi connectivity index (χ3n) is 3.33. The third-order valence-corrected chi connectivity index (χ3v) is 3.33. The first-order chi connectivity index (χ1) is 9.54. The van der Waals surface area contributed by atoms with Gasteiger partial charge >= 0.3 is 6.18 Å². The molecule has 0 bridgehead atoms. The van der Waals surface area contributed by atoms with Crippen molar-refractivity contribution in [1.29, 1.82) is 5.26 Å². The number of hydrogen-bond acceptors (Lipinski definition) is 1. The van der Waals surface area contributed by atoms with E-state index in [0.717, 1.165) is 5.69 Å².